The smallest absolute Gasteiger partial charge is 0.293 e. The fraction of sp³-hybridized carbons (Fsp3) is 0.217. The lowest BCUT2D eigenvalue weighted by atomic mass is 10.1. The molecular weight excluding hydrogens is 446 g/mol. The number of nitrogens with zero attached hydrogens (tertiary/aromatic N) is 2. The van der Waals surface area contributed by atoms with Gasteiger partial charge in [-0.1, -0.05) is 35.9 Å². The van der Waals surface area contributed by atoms with E-state index in [1.807, 2.05) is 48.7 Å². The maximum Gasteiger partial charge on any atom is 0.293 e. The molecule has 1 fully saturated rings. The van der Waals surface area contributed by atoms with Crippen LogP contribution in [0.5, 0.6) is 0 Å². The highest BCUT2D eigenvalue weighted by Crippen LogP contribution is 2.32. The van der Waals surface area contributed by atoms with Crippen LogP contribution in [0.2, 0.25) is 0 Å². The summed E-state index contributed by atoms with van der Waals surface area (Å²) in [5.41, 5.74) is 2.10. The van der Waals surface area contributed by atoms with Crippen LogP contribution in [-0.2, 0) is 16.0 Å². The van der Waals surface area contributed by atoms with Crippen molar-refractivity contribution >= 4 is 46.2 Å². The first-order valence-electron chi connectivity index (χ1n) is 10.1. The van der Waals surface area contributed by atoms with E-state index in [2.05, 4.69) is 10.3 Å². The Kier molecular flexibility index (Phi) is 6.87. The number of hydrogen-bond acceptors (Lipinski definition) is 7. The molecule has 1 saturated heterocycles. The normalized spacial score (nSPS) is 15.0. The highest BCUT2D eigenvalue weighted by molar-refractivity contribution is 8.18. The highest BCUT2D eigenvalue weighted by Gasteiger charge is 2.34. The lowest BCUT2D eigenvalue weighted by Gasteiger charge is -2.12. The van der Waals surface area contributed by atoms with E-state index in [9.17, 15) is 14.4 Å². The van der Waals surface area contributed by atoms with Gasteiger partial charge in [0.2, 0.25) is 5.91 Å². The first-order chi connectivity index (χ1) is 15.5. The summed E-state index contributed by atoms with van der Waals surface area (Å²) in [6.45, 7) is 2.35. The molecule has 9 heteroatoms. The molecule has 0 bridgehead atoms. The van der Waals surface area contributed by atoms with Crippen molar-refractivity contribution < 1.29 is 18.8 Å². The molecule has 0 atom stereocenters. The van der Waals surface area contributed by atoms with Gasteiger partial charge in [0.05, 0.1) is 11.1 Å². The number of oxazole rings is 1. The third kappa shape index (κ3) is 5.35. The van der Waals surface area contributed by atoms with Crippen molar-refractivity contribution in [1.82, 2.24) is 15.2 Å². The Morgan fingerprint density at radius 1 is 1.22 bits per heavy atom. The van der Waals surface area contributed by atoms with E-state index in [-0.39, 0.29) is 36.6 Å². The van der Waals surface area contributed by atoms with Gasteiger partial charge in [-0.15, -0.1) is 11.3 Å². The fourth-order valence-electron chi connectivity index (χ4n) is 3.09. The summed E-state index contributed by atoms with van der Waals surface area (Å²) in [6.07, 6.45) is 3.94. The molecule has 0 saturated carbocycles. The zero-order valence-electron chi connectivity index (χ0n) is 17.4. The van der Waals surface area contributed by atoms with Crippen LogP contribution in [0.1, 0.15) is 22.8 Å². The number of thioether (sulfide) groups is 1. The van der Waals surface area contributed by atoms with Crippen molar-refractivity contribution in [2.45, 2.75) is 19.8 Å². The van der Waals surface area contributed by atoms with Gasteiger partial charge < -0.3 is 9.73 Å². The lowest BCUT2D eigenvalue weighted by Crippen LogP contribution is -2.37. The average molecular weight is 468 g/mol. The molecule has 164 valence electrons. The number of aromatic nitrogens is 1. The molecule has 2 aromatic heterocycles. The molecule has 1 aliphatic heterocycles. The molecule has 1 aliphatic rings. The number of rotatable bonds is 8. The molecule has 4 rings (SSSR count). The quantitative estimate of drug-likeness (QED) is 0.491. The Morgan fingerprint density at radius 2 is 2.03 bits per heavy atom. The molecule has 3 amide bonds. The summed E-state index contributed by atoms with van der Waals surface area (Å²) in [5, 5.41) is 4.33. The minimum Gasteiger partial charge on any atom is -0.441 e. The van der Waals surface area contributed by atoms with Crippen LogP contribution < -0.4 is 5.32 Å². The topological polar surface area (TPSA) is 92.5 Å². The van der Waals surface area contributed by atoms with E-state index in [1.165, 1.54) is 11.3 Å². The summed E-state index contributed by atoms with van der Waals surface area (Å²) in [7, 11) is 0. The van der Waals surface area contributed by atoms with Crippen molar-refractivity contribution in [1.29, 1.82) is 0 Å². The van der Waals surface area contributed by atoms with E-state index in [0.717, 1.165) is 32.7 Å². The van der Waals surface area contributed by atoms with Gasteiger partial charge in [-0.25, -0.2) is 4.98 Å². The summed E-state index contributed by atoms with van der Waals surface area (Å²) >= 11 is 2.42. The Balaban J connectivity index is 1.22. The highest BCUT2D eigenvalue weighted by atomic mass is 32.2. The molecule has 1 aromatic carbocycles. The lowest BCUT2D eigenvalue weighted by molar-refractivity contribution is -0.124. The standard InChI is InChI=1S/C23H21N3O4S2/c1-15-4-6-16(7-5-15)18-14-25-21(30-18)9-8-20(27)24-10-11-26-22(28)19(32-23(26)29)13-17-3-2-12-31-17/h2-7,12-14H,8-11H2,1H3,(H,24,27)/b19-13-. The maximum absolute atomic E-state index is 12.5. The number of carbonyl (C=O) groups excluding carboxylic acids is 3. The van der Waals surface area contributed by atoms with Crippen LogP contribution in [-0.4, -0.2) is 40.0 Å². The van der Waals surface area contributed by atoms with Gasteiger partial charge in [-0.3, -0.25) is 19.3 Å². The summed E-state index contributed by atoms with van der Waals surface area (Å²) in [6, 6.07) is 11.7. The van der Waals surface area contributed by atoms with Gasteiger partial charge in [0.15, 0.2) is 11.7 Å². The molecule has 1 N–H and O–H groups in total. The SMILES string of the molecule is Cc1ccc(-c2cnc(CCC(=O)NCCN3C(=O)S/C(=C\c4cccs4)C3=O)o2)cc1. The predicted molar refractivity (Wildman–Crippen MR) is 125 cm³/mol. The third-order valence-corrected chi connectivity index (χ3v) is 6.53. The Labute approximate surface area is 193 Å². The molecule has 3 heterocycles. The molecular formula is C23H21N3O4S2. The second-order valence-electron chi connectivity index (χ2n) is 7.18. The minimum absolute atomic E-state index is 0.134. The van der Waals surface area contributed by atoms with Gasteiger partial charge in [0.25, 0.3) is 11.1 Å². The Morgan fingerprint density at radius 3 is 2.78 bits per heavy atom. The number of benzene rings is 1. The van der Waals surface area contributed by atoms with Gasteiger partial charge in [-0.05, 0) is 36.2 Å². The molecule has 0 aliphatic carbocycles. The van der Waals surface area contributed by atoms with Crippen LogP contribution in [0.25, 0.3) is 17.4 Å². The van der Waals surface area contributed by atoms with Crippen molar-refractivity contribution in [3.8, 4) is 11.3 Å². The van der Waals surface area contributed by atoms with Crippen LogP contribution in [0, 0.1) is 6.92 Å². The Bertz CT molecular complexity index is 1150. The second-order valence-corrected chi connectivity index (χ2v) is 9.16. The number of aryl methyl sites for hydroxylation is 2. The van der Waals surface area contributed by atoms with Crippen LogP contribution in [0.15, 0.2) is 57.3 Å². The molecule has 0 radical (unpaired) electrons. The van der Waals surface area contributed by atoms with E-state index in [4.69, 9.17) is 4.42 Å². The van der Waals surface area contributed by atoms with E-state index >= 15 is 0 Å². The summed E-state index contributed by atoms with van der Waals surface area (Å²) in [5.74, 6) is 0.628. The fourth-order valence-corrected chi connectivity index (χ4v) is 4.68. The molecule has 7 nitrogen and oxygen atoms in total. The van der Waals surface area contributed by atoms with Crippen LogP contribution in [0.4, 0.5) is 4.79 Å². The average Bonchev–Trinajstić information content (AvgIpc) is 3.51. The number of nitrogens with one attached hydrogen (secondary N) is 1. The zero-order valence-corrected chi connectivity index (χ0v) is 19.0. The largest absolute Gasteiger partial charge is 0.441 e. The van der Waals surface area contributed by atoms with Crippen LogP contribution in [0.3, 0.4) is 0 Å². The van der Waals surface area contributed by atoms with Gasteiger partial charge >= 0.3 is 0 Å². The molecule has 32 heavy (non-hydrogen) atoms. The van der Waals surface area contributed by atoms with Gasteiger partial charge in [-0.2, -0.15) is 0 Å². The van der Waals surface area contributed by atoms with Gasteiger partial charge in [0.1, 0.15) is 0 Å². The molecule has 3 aromatic rings. The van der Waals surface area contributed by atoms with E-state index in [1.54, 1.807) is 12.3 Å². The first kappa shape index (κ1) is 22.0. The molecule has 0 spiro atoms. The monoisotopic (exact) mass is 467 g/mol. The second kappa shape index (κ2) is 9.97. The third-order valence-electron chi connectivity index (χ3n) is 4.80. The predicted octanol–water partition coefficient (Wildman–Crippen LogP) is 4.50. The van der Waals surface area contributed by atoms with Crippen molar-refractivity contribution in [3.63, 3.8) is 0 Å². The zero-order chi connectivity index (χ0) is 22.5. The number of imide groups is 1. The van der Waals surface area contributed by atoms with E-state index in [0.29, 0.717) is 23.0 Å². The number of amides is 3. The Hall–Kier alpha value is -3.17. The van der Waals surface area contributed by atoms with Crippen molar-refractivity contribution in [3.05, 3.63) is 69.2 Å². The summed E-state index contributed by atoms with van der Waals surface area (Å²) in [4.78, 5) is 43.5. The molecule has 0 unspecified atom stereocenters. The minimum atomic E-state index is -0.328. The first-order valence-corrected chi connectivity index (χ1v) is 11.8. The van der Waals surface area contributed by atoms with Gasteiger partial charge in [0, 0.05) is 36.4 Å². The number of hydrogen-bond donors (Lipinski definition) is 1. The van der Waals surface area contributed by atoms with E-state index < -0.39 is 0 Å². The maximum atomic E-state index is 12.5. The van der Waals surface area contributed by atoms with Crippen molar-refractivity contribution in [2.75, 3.05) is 13.1 Å². The number of carbonyl (C=O) groups is 3. The van der Waals surface area contributed by atoms with Crippen LogP contribution >= 0.6 is 23.1 Å². The number of thiophene rings is 1. The summed E-state index contributed by atoms with van der Waals surface area (Å²) < 4.78 is 5.73. The van der Waals surface area contributed by atoms with Crippen molar-refractivity contribution in [2.24, 2.45) is 0 Å².